The highest BCUT2D eigenvalue weighted by molar-refractivity contribution is 7.92. The first-order chi connectivity index (χ1) is 15.9. The Hall–Kier alpha value is -3.16. The summed E-state index contributed by atoms with van der Waals surface area (Å²) in [7, 11) is -3.76. The number of sulfonamides is 1. The van der Waals surface area contributed by atoms with Crippen LogP contribution in [-0.4, -0.2) is 38.9 Å². The lowest BCUT2D eigenvalue weighted by Gasteiger charge is -2.20. The predicted molar refractivity (Wildman–Crippen MR) is 132 cm³/mol. The van der Waals surface area contributed by atoms with Gasteiger partial charge in [0.05, 0.1) is 10.6 Å². The molecular weight excluding hydrogens is 434 g/mol. The van der Waals surface area contributed by atoms with Gasteiger partial charge in [-0.3, -0.25) is 14.0 Å². The molecule has 0 spiro atoms. The first-order valence-electron chi connectivity index (χ1n) is 11.3. The van der Waals surface area contributed by atoms with Crippen LogP contribution in [0.4, 0.5) is 11.4 Å². The fourth-order valence-corrected chi connectivity index (χ4v) is 5.69. The van der Waals surface area contributed by atoms with Gasteiger partial charge in [-0.15, -0.1) is 0 Å². The van der Waals surface area contributed by atoms with Gasteiger partial charge >= 0.3 is 0 Å². The average Bonchev–Trinajstić information content (AvgIpc) is 3.28. The number of carbonyl (C=O) groups excluding carboxylic acids is 1. The quantitative estimate of drug-likeness (QED) is 0.533. The molecule has 1 amide bonds. The van der Waals surface area contributed by atoms with E-state index in [2.05, 4.69) is 24.1 Å². The Bertz CT molecular complexity index is 1250. The third-order valence-corrected chi connectivity index (χ3v) is 7.82. The number of amides is 1. The van der Waals surface area contributed by atoms with E-state index >= 15 is 0 Å². The molecule has 0 saturated heterocycles. The van der Waals surface area contributed by atoms with Gasteiger partial charge in [0, 0.05) is 24.3 Å². The van der Waals surface area contributed by atoms with Gasteiger partial charge in [0.25, 0.3) is 15.9 Å². The smallest absolute Gasteiger partial charge is 0.264 e. The molecule has 1 aliphatic heterocycles. The Morgan fingerprint density at radius 1 is 0.970 bits per heavy atom. The van der Waals surface area contributed by atoms with Gasteiger partial charge in [0.2, 0.25) is 0 Å². The average molecular weight is 464 g/mol. The number of carbonyl (C=O) groups is 1. The van der Waals surface area contributed by atoms with Crippen molar-refractivity contribution in [3.05, 3.63) is 89.5 Å². The number of para-hydroxylation sites is 1. The molecule has 3 aromatic carbocycles. The first kappa shape index (κ1) is 23.0. The van der Waals surface area contributed by atoms with E-state index in [-0.39, 0.29) is 10.8 Å². The van der Waals surface area contributed by atoms with E-state index in [1.807, 2.05) is 48.5 Å². The highest BCUT2D eigenvalue weighted by Crippen LogP contribution is 2.32. The number of anilines is 2. The van der Waals surface area contributed by atoms with Gasteiger partial charge in [-0.05, 0) is 67.0 Å². The van der Waals surface area contributed by atoms with Crippen molar-refractivity contribution in [1.82, 2.24) is 4.90 Å². The van der Waals surface area contributed by atoms with E-state index in [4.69, 9.17) is 0 Å². The van der Waals surface area contributed by atoms with Crippen molar-refractivity contribution in [2.24, 2.45) is 0 Å². The van der Waals surface area contributed by atoms with Crippen LogP contribution in [0.15, 0.2) is 77.7 Å². The van der Waals surface area contributed by atoms with Gasteiger partial charge in [0.1, 0.15) is 0 Å². The summed E-state index contributed by atoms with van der Waals surface area (Å²) >= 11 is 0. The van der Waals surface area contributed by atoms with Crippen molar-refractivity contribution in [1.29, 1.82) is 0 Å². The Morgan fingerprint density at radius 2 is 1.73 bits per heavy atom. The zero-order valence-corrected chi connectivity index (χ0v) is 19.8. The van der Waals surface area contributed by atoms with E-state index in [0.29, 0.717) is 29.9 Å². The number of benzene rings is 3. The summed E-state index contributed by atoms with van der Waals surface area (Å²) in [6.45, 7) is 7.36. The van der Waals surface area contributed by atoms with Crippen LogP contribution in [0.1, 0.15) is 35.3 Å². The van der Waals surface area contributed by atoms with Gasteiger partial charge in [-0.2, -0.15) is 0 Å². The summed E-state index contributed by atoms with van der Waals surface area (Å²) in [5, 5.41) is 2.91. The second-order valence-electron chi connectivity index (χ2n) is 8.10. The van der Waals surface area contributed by atoms with Gasteiger partial charge in [0.15, 0.2) is 0 Å². The lowest BCUT2D eigenvalue weighted by molar-refractivity contribution is 0.102. The molecule has 0 fully saturated rings. The standard InChI is InChI=1S/C26H29N3O3S/c1-3-28(4-2)19-20-9-7-12-23(17-20)27-26(30)22-11-8-13-24(18-22)33(31,32)29-16-15-21-10-5-6-14-25(21)29/h5-14,17-18H,3-4,15-16,19H2,1-2H3,(H,27,30). The van der Waals surface area contributed by atoms with Crippen LogP contribution in [0.2, 0.25) is 0 Å². The third kappa shape index (κ3) is 4.94. The lowest BCUT2D eigenvalue weighted by atomic mass is 10.1. The number of nitrogens with zero attached hydrogens (tertiary/aromatic N) is 2. The Morgan fingerprint density at radius 3 is 2.52 bits per heavy atom. The molecule has 7 heteroatoms. The van der Waals surface area contributed by atoms with E-state index in [9.17, 15) is 13.2 Å². The normalized spacial score (nSPS) is 13.2. The van der Waals surface area contributed by atoms with Crippen molar-refractivity contribution < 1.29 is 13.2 Å². The van der Waals surface area contributed by atoms with Crippen molar-refractivity contribution in [2.45, 2.75) is 31.7 Å². The number of fused-ring (bicyclic) bond motifs is 1. The maximum absolute atomic E-state index is 13.3. The molecule has 172 valence electrons. The fourth-order valence-electron chi connectivity index (χ4n) is 4.14. The van der Waals surface area contributed by atoms with Gasteiger partial charge < -0.3 is 5.32 Å². The summed E-state index contributed by atoms with van der Waals surface area (Å²) in [5.74, 6) is -0.339. The number of hydrogen-bond donors (Lipinski definition) is 1. The maximum atomic E-state index is 13.3. The Labute approximate surface area is 195 Å². The van der Waals surface area contributed by atoms with Crippen LogP contribution in [0.5, 0.6) is 0 Å². The van der Waals surface area contributed by atoms with Gasteiger partial charge in [-0.25, -0.2) is 8.42 Å². The topological polar surface area (TPSA) is 69.7 Å². The summed E-state index contributed by atoms with van der Waals surface area (Å²) < 4.78 is 28.1. The molecule has 0 radical (unpaired) electrons. The van der Waals surface area contributed by atoms with Crippen molar-refractivity contribution >= 4 is 27.3 Å². The highest BCUT2D eigenvalue weighted by Gasteiger charge is 2.30. The molecule has 0 atom stereocenters. The Balaban J connectivity index is 1.53. The van der Waals surface area contributed by atoms with Crippen LogP contribution < -0.4 is 9.62 Å². The lowest BCUT2D eigenvalue weighted by Crippen LogP contribution is -2.29. The monoisotopic (exact) mass is 463 g/mol. The van der Waals surface area contributed by atoms with Crippen LogP contribution in [0, 0.1) is 0 Å². The van der Waals surface area contributed by atoms with E-state index in [1.54, 1.807) is 12.1 Å². The van der Waals surface area contributed by atoms with Crippen molar-refractivity contribution in [3.63, 3.8) is 0 Å². The minimum absolute atomic E-state index is 0.113. The SMILES string of the molecule is CCN(CC)Cc1cccc(NC(=O)c2cccc(S(=O)(=O)N3CCc4ccccc43)c2)c1. The minimum Gasteiger partial charge on any atom is -0.322 e. The van der Waals surface area contributed by atoms with Crippen LogP contribution in [-0.2, 0) is 23.0 Å². The molecule has 4 rings (SSSR count). The molecule has 0 bridgehead atoms. The number of rotatable bonds is 8. The molecular formula is C26H29N3O3S. The molecule has 1 heterocycles. The number of nitrogens with one attached hydrogen (secondary N) is 1. The summed E-state index contributed by atoms with van der Waals surface area (Å²) in [6.07, 6.45) is 0.680. The molecule has 0 aliphatic carbocycles. The van der Waals surface area contributed by atoms with E-state index in [1.165, 1.54) is 16.4 Å². The van der Waals surface area contributed by atoms with Crippen molar-refractivity contribution in [2.75, 3.05) is 29.3 Å². The second-order valence-corrected chi connectivity index (χ2v) is 9.96. The van der Waals surface area contributed by atoms with Crippen molar-refractivity contribution in [3.8, 4) is 0 Å². The molecule has 1 aliphatic rings. The van der Waals surface area contributed by atoms with Crippen LogP contribution >= 0.6 is 0 Å². The highest BCUT2D eigenvalue weighted by atomic mass is 32.2. The van der Waals surface area contributed by atoms with E-state index < -0.39 is 10.0 Å². The largest absolute Gasteiger partial charge is 0.322 e. The zero-order chi connectivity index (χ0) is 23.4. The van der Waals surface area contributed by atoms with Crippen LogP contribution in [0.3, 0.4) is 0 Å². The second kappa shape index (κ2) is 9.77. The summed E-state index contributed by atoms with van der Waals surface area (Å²) in [5.41, 5.74) is 3.82. The number of hydrogen-bond acceptors (Lipinski definition) is 4. The third-order valence-electron chi connectivity index (χ3n) is 6.01. The first-order valence-corrected chi connectivity index (χ1v) is 12.7. The summed E-state index contributed by atoms with van der Waals surface area (Å²) in [4.78, 5) is 15.3. The predicted octanol–water partition coefficient (Wildman–Crippen LogP) is 4.53. The maximum Gasteiger partial charge on any atom is 0.264 e. The molecule has 0 saturated carbocycles. The Kier molecular flexibility index (Phi) is 6.81. The molecule has 3 aromatic rings. The zero-order valence-electron chi connectivity index (χ0n) is 19.0. The molecule has 0 aromatic heterocycles. The molecule has 1 N–H and O–H groups in total. The molecule has 0 unspecified atom stereocenters. The molecule has 6 nitrogen and oxygen atoms in total. The van der Waals surface area contributed by atoms with E-state index in [0.717, 1.165) is 30.8 Å². The summed E-state index contributed by atoms with van der Waals surface area (Å²) in [6, 6.07) is 21.5. The van der Waals surface area contributed by atoms with Crippen LogP contribution in [0.25, 0.3) is 0 Å². The minimum atomic E-state index is -3.76. The molecule has 33 heavy (non-hydrogen) atoms. The van der Waals surface area contributed by atoms with Gasteiger partial charge in [-0.1, -0.05) is 50.2 Å². The fraction of sp³-hybridized carbons (Fsp3) is 0.269.